The van der Waals surface area contributed by atoms with Crippen LogP contribution in [0.3, 0.4) is 0 Å². The first-order valence-corrected chi connectivity index (χ1v) is 7.24. The molecule has 0 spiro atoms. The van der Waals surface area contributed by atoms with Crippen LogP contribution in [0.2, 0.25) is 0 Å². The Labute approximate surface area is 122 Å². The molecule has 1 unspecified atom stereocenters. The van der Waals surface area contributed by atoms with Crippen LogP contribution in [0.4, 0.5) is 5.69 Å². The number of aliphatic hydroxyl groups excluding tert-OH is 1. The van der Waals surface area contributed by atoms with E-state index in [1.165, 1.54) is 5.56 Å². The Bertz CT molecular complexity index is 525. The first kappa shape index (κ1) is 14.1. The summed E-state index contributed by atoms with van der Waals surface area (Å²) in [5, 5.41) is 12.6. The van der Waals surface area contributed by atoms with Crippen molar-refractivity contribution >= 4 is 21.6 Å². The Hall–Kier alpha value is -1.32. The van der Waals surface area contributed by atoms with Crippen molar-refractivity contribution in [3.8, 4) is 0 Å². The van der Waals surface area contributed by atoms with Crippen molar-refractivity contribution in [2.75, 3.05) is 5.32 Å². The van der Waals surface area contributed by atoms with Gasteiger partial charge in [0.15, 0.2) is 0 Å². The SMILES string of the molecule is CCC(Nc1ccc(CO)cc1)c1cccc(Br)c1. The summed E-state index contributed by atoms with van der Waals surface area (Å²) < 4.78 is 1.10. The second-order valence-corrected chi connectivity index (χ2v) is 5.43. The van der Waals surface area contributed by atoms with E-state index in [1.807, 2.05) is 30.3 Å². The topological polar surface area (TPSA) is 32.3 Å². The highest BCUT2D eigenvalue weighted by Crippen LogP contribution is 2.25. The summed E-state index contributed by atoms with van der Waals surface area (Å²) in [7, 11) is 0. The molecule has 2 aromatic rings. The largest absolute Gasteiger partial charge is 0.392 e. The second-order valence-electron chi connectivity index (χ2n) is 4.52. The number of hydrogen-bond acceptors (Lipinski definition) is 2. The zero-order valence-corrected chi connectivity index (χ0v) is 12.5. The van der Waals surface area contributed by atoms with Gasteiger partial charge in [-0.25, -0.2) is 0 Å². The van der Waals surface area contributed by atoms with Crippen molar-refractivity contribution in [3.63, 3.8) is 0 Å². The molecule has 0 fully saturated rings. The molecule has 0 saturated heterocycles. The van der Waals surface area contributed by atoms with E-state index in [0.717, 1.165) is 22.1 Å². The van der Waals surface area contributed by atoms with Gasteiger partial charge in [-0.3, -0.25) is 0 Å². The van der Waals surface area contributed by atoms with Crippen molar-refractivity contribution in [2.45, 2.75) is 26.0 Å². The van der Waals surface area contributed by atoms with E-state index >= 15 is 0 Å². The molecule has 1 atom stereocenters. The molecule has 2 rings (SSSR count). The fourth-order valence-electron chi connectivity index (χ4n) is 2.05. The molecule has 0 aliphatic heterocycles. The highest BCUT2D eigenvalue weighted by atomic mass is 79.9. The van der Waals surface area contributed by atoms with Gasteiger partial charge in [0.1, 0.15) is 0 Å². The van der Waals surface area contributed by atoms with Crippen LogP contribution in [0, 0.1) is 0 Å². The summed E-state index contributed by atoms with van der Waals surface area (Å²) >= 11 is 3.51. The van der Waals surface area contributed by atoms with Gasteiger partial charge in [-0.1, -0.05) is 47.1 Å². The molecule has 2 N–H and O–H groups in total. The number of benzene rings is 2. The molecular formula is C16H18BrNO. The molecule has 0 bridgehead atoms. The van der Waals surface area contributed by atoms with Gasteiger partial charge in [0.25, 0.3) is 0 Å². The van der Waals surface area contributed by atoms with Crippen LogP contribution in [0.5, 0.6) is 0 Å². The third kappa shape index (κ3) is 3.82. The minimum absolute atomic E-state index is 0.0864. The summed E-state index contributed by atoms with van der Waals surface area (Å²) in [4.78, 5) is 0. The fourth-order valence-corrected chi connectivity index (χ4v) is 2.47. The van der Waals surface area contributed by atoms with E-state index in [0.29, 0.717) is 0 Å². The molecule has 100 valence electrons. The molecular weight excluding hydrogens is 302 g/mol. The summed E-state index contributed by atoms with van der Waals surface area (Å²) in [5.74, 6) is 0. The Morgan fingerprint density at radius 1 is 1.16 bits per heavy atom. The molecule has 0 radical (unpaired) electrons. The molecule has 0 heterocycles. The number of hydrogen-bond donors (Lipinski definition) is 2. The van der Waals surface area contributed by atoms with E-state index < -0.39 is 0 Å². The predicted octanol–water partition coefficient (Wildman–Crippen LogP) is 4.50. The standard InChI is InChI=1S/C16H18BrNO/c1-2-16(13-4-3-5-14(17)10-13)18-15-8-6-12(11-19)7-9-15/h3-10,16,18-19H,2,11H2,1H3. The lowest BCUT2D eigenvalue weighted by molar-refractivity contribution is 0.282. The van der Waals surface area contributed by atoms with Gasteiger partial charge in [0.2, 0.25) is 0 Å². The molecule has 2 aromatic carbocycles. The van der Waals surface area contributed by atoms with Crippen LogP contribution in [0.1, 0.15) is 30.5 Å². The first-order chi connectivity index (χ1) is 9.22. The van der Waals surface area contributed by atoms with Gasteiger partial charge in [-0.05, 0) is 41.8 Å². The summed E-state index contributed by atoms with van der Waals surface area (Å²) in [5.41, 5.74) is 3.27. The monoisotopic (exact) mass is 319 g/mol. The Morgan fingerprint density at radius 3 is 2.47 bits per heavy atom. The van der Waals surface area contributed by atoms with Crippen molar-refractivity contribution < 1.29 is 5.11 Å². The summed E-state index contributed by atoms with van der Waals surface area (Å²) in [6, 6.07) is 16.5. The number of halogens is 1. The van der Waals surface area contributed by atoms with E-state index in [9.17, 15) is 0 Å². The molecule has 3 heteroatoms. The molecule has 19 heavy (non-hydrogen) atoms. The maximum absolute atomic E-state index is 9.04. The van der Waals surface area contributed by atoms with Crippen molar-refractivity contribution in [1.82, 2.24) is 0 Å². The Morgan fingerprint density at radius 2 is 1.89 bits per heavy atom. The van der Waals surface area contributed by atoms with Gasteiger partial charge in [0.05, 0.1) is 12.6 Å². The van der Waals surface area contributed by atoms with Crippen molar-refractivity contribution in [3.05, 3.63) is 64.1 Å². The van der Waals surface area contributed by atoms with E-state index in [4.69, 9.17) is 5.11 Å². The van der Waals surface area contributed by atoms with E-state index in [-0.39, 0.29) is 12.6 Å². The predicted molar refractivity (Wildman–Crippen MR) is 83.2 cm³/mol. The maximum Gasteiger partial charge on any atom is 0.0681 e. The molecule has 0 amide bonds. The van der Waals surface area contributed by atoms with Gasteiger partial charge in [-0.2, -0.15) is 0 Å². The zero-order valence-electron chi connectivity index (χ0n) is 10.9. The number of rotatable bonds is 5. The minimum atomic E-state index is 0.0864. The molecule has 0 saturated carbocycles. The average molecular weight is 320 g/mol. The first-order valence-electron chi connectivity index (χ1n) is 6.44. The highest BCUT2D eigenvalue weighted by Gasteiger charge is 2.09. The molecule has 0 aromatic heterocycles. The minimum Gasteiger partial charge on any atom is -0.392 e. The normalized spacial score (nSPS) is 12.2. The van der Waals surface area contributed by atoms with Crippen molar-refractivity contribution in [2.24, 2.45) is 0 Å². The lowest BCUT2D eigenvalue weighted by atomic mass is 10.0. The van der Waals surface area contributed by atoms with E-state index in [1.54, 1.807) is 0 Å². The van der Waals surface area contributed by atoms with Crippen LogP contribution < -0.4 is 5.32 Å². The van der Waals surface area contributed by atoms with Crippen LogP contribution >= 0.6 is 15.9 Å². The van der Waals surface area contributed by atoms with Gasteiger partial charge < -0.3 is 10.4 Å². The Kier molecular flexibility index (Phi) is 5.00. The highest BCUT2D eigenvalue weighted by molar-refractivity contribution is 9.10. The molecule has 2 nitrogen and oxygen atoms in total. The lowest BCUT2D eigenvalue weighted by Crippen LogP contribution is -2.09. The van der Waals surface area contributed by atoms with Crippen LogP contribution in [-0.2, 0) is 6.61 Å². The lowest BCUT2D eigenvalue weighted by Gasteiger charge is -2.19. The third-order valence-corrected chi connectivity index (χ3v) is 3.63. The van der Waals surface area contributed by atoms with Gasteiger partial charge in [0, 0.05) is 10.2 Å². The van der Waals surface area contributed by atoms with Crippen molar-refractivity contribution in [1.29, 1.82) is 0 Å². The van der Waals surface area contributed by atoms with Crippen LogP contribution in [-0.4, -0.2) is 5.11 Å². The second kappa shape index (κ2) is 6.73. The number of nitrogens with one attached hydrogen (secondary N) is 1. The number of anilines is 1. The average Bonchev–Trinajstić information content (AvgIpc) is 2.45. The zero-order chi connectivity index (χ0) is 13.7. The van der Waals surface area contributed by atoms with E-state index in [2.05, 4.69) is 46.4 Å². The molecule has 0 aliphatic carbocycles. The molecule has 0 aliphatic rings. The third-order valence-electron chi connectivity index (χ3n) is 3.14. The smallest absolute Gasteiger partial charge is 0.0681 e. The van der Waals surface area contributed by atoms with Crippen LogP contribution in [0.15, 0.2) is 53.0 Å². The summed E-state index contributed by atoms with van der Waals surface area (Å²) in [6.45, 7) is 2.25. The van der Waals surface area contributed by atoms with Crippen LogP contribution in [0.25, 0.3) is 0 Å². The maximum atomic E-state index is 9.04. The quantitative estimate of drug-likeness (QED) is 0.850. The van der Waals surface area contributed by atoms with Gasteiger partial charge in [-0.15, -0.1) is 0 Å². The Balaban J connectivity index is 2.14. The summed E-state index contributed by atoms with van der Waals surface area (Å²) in [6.07, 6.45) is 1.01. The van der Waals surface area contributed by atoms with Gasteiger partial charge >= 0.3 is 0 Å². The fraction of sp³-hybridized carbons (Fsp3) is 0.250. The number of aliphatic hydroxyl groups is 1.